The van der Waals surface area contributed by atoms with Crippen LogP contribution in [0.15, 0.2) is 35.5 Å². The van der Waals surface area contributed by atoms with Crippen molar-refractivity contribution >= 4 is 33.2 Å². The monoisotopic (exact) mass is 548 g/mol. The summed E-state index contributed by atoms with van der Waals surface area (Å²) in [6.07, 6.45) is 7.28. The number of sulfonamides is 1. The van der Waals surface area contributed by atoms with Crippen LogP contribution in [0.3, 0.4) is 0 Å². The third-order valence-corrected chi connectivity index (χ3v) is 10.0. The van der Waals surface area contributed by atoms with Gasteiger partial charge in [0.15, 0.2) is 0 Å². The molecule has 3 saturated heterocycles. The number of anilines is 1. The van der Waals surface area contributed by atoms with Gasteiger partial charge >= 0.3 is 0 Å². The van der Waals surface area contributed by atoms with Crippen molar-refractivity contribution in [2.24, 2.45) is 0 Å². The molecule has 0 N–H and O–H groups in total. The first-order valence-corrected chi connectivity index (χ1v) is 15.3. The molecule has 0 radical (unpaired) electrons. The molecule has 0 saturated carbocycles. The molecule has 37 heavy (non-hydrogen) atoms. The number of carbonyl (C=O) groups excluding carboxylic acids is 1. The second kappa shape index (κ2) is 11.3. The first-order chi connectivity index (χ1) is 17.9. The molecule has 0 unspecified atom stereocenters. The van der Waals surface area contributed by atoms with Gasteiger partial charge in [-0.15, -0.1) is 0 Å². The van der Waals surface area contributed by atoms with Crippen molar-refractivity contribution in [3.8, 4) is 0 Å². The molecule has 0 aliphatic carbocycles. The normalized spacial score (nSPS) is 20.9. The maximum absolute atomic E-state index is 13.7. The molecule has 1 amide bonds. The standard InChI is InChI=1S/C26H37ClN6O3S/c1-2-32-20-24(26(34)31-13-9-22(10-14-31)29-11-4-3-5-12-29)25(28-32)37(35,36)33-17-15-30(16-18-33)23-8-6-7-21(27)19-23/h6-8,19-20,22H,2-5,9-18H2,1H3. The molecule has 1 aromatic carbocycles. The van der Waals surface area contributed by atoms with E-state index in [1.807, 2.05) is 36.1 Å². The van der Waals surface area contributed by atoms with E-state index in [9.17, 15) is 13.2 Å². The molecule has 4 heterocycles. The average Bonchev–Trinajstić information content (AvgIpc) is 3.39. The summed E-state index contributed by atoms with van der Waals surface area (Å²) in [5, 5.41) is 4.91. The predicted molar refractivity (Wildman–Crippen MR) is 145 cm³/mol. The van der Waals surface area contributed by atoms with Crippen LogP contribution in [0.2, 0.25) is 5.02 Å². The summed E-state index contributed by atoms with van der Waals surface area (Å²) in [4.78, 5) is 20.1. The van der Waals surface area contributed by atoms with Crippen LogP contribution in [-0.4, -0.2) is 96.6 Å². The lowest BCUT2D eigenvalue weighted by Crippen LogP contribution is -2.49. The number of carbonyl (C=O) groups is 1. The number of benzene rings is 1. The molecule has 3 aliphatic heterocycles. The number of piperidine rings is 2. The maximum Gasteiger partial charge on any atom is 0.263 e. The Morgan fingerprint density at radius 2 is 1.70 bits per heavy atom. The lowest BCUT2D eigenvalue weighted by molar-refractivity contribution is 0.0586. The van der Waals surface area contributed by atoms with Crippen LogP contribution in [0.1, 0.15) is 49.4 Å². The van der Waals surface area contributed by atoms with Gasteiger partial charge in [0.2, 0.25) is 5.03 Å². The smallest absolute Gasteiger partial charge is 0.263 e. The highest BCUT2D eigenvalue weighted by molar-refractivity contribution is 7.89. The first-order valence-electron chi connectivity index (χ1n) is 13.5. The third-order valence-electron chi connectivity index (χ3n) is 7.94. The molecule has 0 atom stereocenters. The average molecular weight is 549 g/mol. The second-order valence-corrected chi connectivity index (χ2v) is 12.5. The lowest BCUT2D eigenvalue weighted by Gasteiger charge is -2.40. The zero-order chi connectivity index (χ0) is 26.0. The molecule has 9 nitrogen and oxygen atoms in total. The van der Waals surface area contributed by atoms with Crippen molar-refractivity contribution in [2.75, 3.05) is 57.3 Å². The van der Waals surface area contributed by atoms with Crippen LogP contribution in [0.5, 0.6) is 0 Å². The Hall–Kier alpha value is -2.14. The molecule has 5 rings (SSSR count). The number of aromatic nitrogens is 2. The highest BCUT2D eigenvalue weighted by atomic mass is 35.5. The van der Waals surface area contributed by atoms with E-state index < -0.39 is 10.0 Å². The lowest BCUT2D eigenvalue weighted by atomic mass is 9.99. The first kappa shape index (κ1) is 26.5. The van der Waals surface area contributed by atoms with Crippen molar-refractivity contribution in [3.05, 3.63) is 41.0 Å². The van der Waals surface area contributed by atoms with E-state index in [0.29, 0.717) is 56.9 Å². The number of halogens is 1. The van der Waals surface area contributed by atoms with E-state index in [-0.39, 0.29) is 16.5 Å². The Morgan fingerprint density at radius 3 is 2.35 bits per heavy atom. The molecular formula is C26H37ClN6O3S. The minimum Gasteiger partial charge on any atom is -0.369 e. The number of likely N-dealkylation sites (tertiary alicyclic amines) is 2. The van der Waals surface area contributed by atoms with Gasteiger partial charge < -0.3 is 14.7 Å². The number of amides is 1. The number of hydrogen-bond donors (Lipinski definition) is 0. The van der Waals surface area contributed by atoms with Gasteiger partial charge in [-0.3, -0.25) is 9.48 Å². The van der Waals surface area contributed by atoms with E-state index in [0.717, 1.165) is 31.6 Å². The Morgan fingerprint density at radius 1 is 1.00 bits per heavy atom. The van der Waals surface area contributed by atoms with Crippen LogP contribution in [-0.2, 0) is 16.6 Å². The van der Waals surface area contributed by atoms with Crippen LogP contribution in [0, 0.1) is 0 Å². The summed E-state index contributed by atoms with van der Waals surface area (Å²) in [7, 11) is -3.91. The minimum absolute atomic E-state index is 0.117. The molecule has 0 bridgehead atoms. The second-order valence-electron chi connectivity index (χ2n) is 10.2. The fourth-order valence-electron chi connectivity index (χ4n) is 5.77. The number of piperazine rings is 1. The van der Waals surface area contributed by atoms with E-state index >= 15 is 0 Å². The highest BCUT2D eigenvalue weighted by Gasteiger charge is 2.37. The van der Waals surface area contributed by atoms with Gasteiger partial charge in [-0.25, -0.2) is 8.42 Å². The molecule has 3 fully saturated rings. The van der Waals surface area contributed by atoms with Crippen LogP contribution < -0.4 is 4.90 Å². The Balaban J connectivity index is 1.28. The summed E-state index contributed by atoms with van der Waals surface area (Å²) in [5.74, 6) is -0.229. The van der Waals surface area contributed by atoms with Crippen molar-refractivity contribution in [3.63, 3.8) is 0 Å². The highest BCUT2D eigenvalue weighted by Crippen LogP contribution is 2.27. The Labute approximate surface area is 225 Å². The van der Waals surface area contributed by atoms with E-state index in [4.69, 9.17) is 11.6 Å². The summed E-state index contributed by atoms with van der Waals surface area (Å²) in [5.41, 5.74) is 1.17. The van der Waals surface area contributed by atoms with Gasteiger partial charge in [-0.1, -0.05) is 24.1 Å². The maximum atomic E-state index is 13.7. The Kier molecular flexibility index (Phi) is 8.09. The zero-order valence-corrected chi connectivity index (χ0v) is 23.1. The van der Waals surface area contributed by atoms with Crippen molar-refractivity contribution < 1.29 is 13.2 Å². The SMILES string of the molecule is CCn1cc(C(=O)N2CCC(N3CCCCC3)CC2)c(S(=O)(=O)N2CCN(c3cccc(Cl)c3)CC2)n1. The van der Waals surface area contributed by atoms with Crippen molar-refractivity contribution in [2.45, 2.75) is 56.6 Å². The van der Waals surface area contributed by atoms with Gasteiger partial charge in [-0.05, 0) is 63.9 Å². The minimum atomic E-state index is -3.91. The van der Waals surface area contributed by atoms with Crippen LogP contribution >= 0.6 is 11.6 Å². The van der Waals surface area contributed by atoms with E-state index in [1.54, 1.807) is 10.9 Å². The molecule has 3 aliphatic rings. The number of hydrogen-bond acceptors (Lipinski definition) is 6. The fourth-order valence-corrected chi connectivity index (χ4v) is 7.47. The van der Waals surface area contributed by atoms with Crippen LogP contribution in [0.25, 0.3) is 0 Å². The van der Waals surface area contributed by atoms with Gasteiger partial charge in [0.05, 0.1) is 5.56 Å². The quantitative estimate of drug-likeness (QED) is 0.551. The molecule has 0 spiro atoms. The fraction of sp³-hybridized carbons (Fsp3) is 0.615. The van der Waals surface area contributed by atoms with E-state index in [2.05, 4.69) is 14.9 Å². The zero-order valence-electron chi connectivity index (χ0n) is 21.6. The van der Waals surface area contributed by atoms with Crippen molar-refractivity contribution in [1.29, 1.82) is 0 Å². The third kappa shape index (κ3) is 5.67. The summed E-state index contributed by atoms with van der Waals surface area (Å²) in [6.45, 7) is 7.71. The van der Waals surface area contributed by atoms with Gasteiger partial charge in [-0.2, -0.15) is 9.40 Å². The van der Waals surface area contributed by atoms with Gasteiger partial charge in [0.25, 0.3) is 15.9 Å². The molecule has 11 heteroatoms. The summed E-state index contributed by atoms with van der Waals surface area (Å²) in [6, 6.07) is 8.10. The molecule has 1 aromatic heterocycles. The summed E-state index contributed by atoms with van der Waals surface area (Å²) >= 11 is 6.14. The molecular weight excluding hydrogens is 512 g/mol. The number of aryl methyl sites for hydroxylation is 1. The largest absolute Gasteiger partial charge is 0.369 e. The van der Waals surface area contributed by atoms with Gasteiger partial charge in [0, 0.05) is 68.8 Å². The van der Waals surface area contributed by atoms with E-state index in [1.165, 1.54) is 23.6 Å². The Bertz CT molecular complexity index is 1200. The van der Waals surface area contributed by atoms with Crippen molar-refractivity contribution in [1.82, 2.24) is 23.9 Å². The predicted octanol–water partition coefficient (Wildman–Crippen LogP) is 3.16. The number of rotatable bonds is 6. The van der Waals surface area contributed by atoms with Crippen LogP contribution in [0.4, 0.5) is 5.69 Å². The number of nitrogens with zero attached hydrogens (tertiary/aromatic N) is 6. The molecule has 202 valence electrons. The molecule has 2 aromatic rings. The summed E-state index contributed by atoms with van der Waals surface area (Å²) < 4.78 is 30.4. The van der Waals surface area contributed by atoms with Gasteiger partial charge in [0.1, 0.15) is 0 Å². The topological polar surface area (TPSA) is 82.0 Å².